The van der Waals surface area contributed by atoms with Crippen molar-refractivity contribution in [3.8, 4) is 0 Å². The molecule has 0 heterocycles. The van der Waals surface area contributed by atoms with Crippen LogP contribution < -0.4 is 10.6 Å². The maximum atomic E-state index is 12.6. The van der Waals surface area contributed by atoms with Gasteiger partial charge in [-0.25, -0.2) is 0 Å². The molecule has 0 aliphatic heterocycles. The van der Waals surface area contributed by atoms with Gasteiger partial charge in [-0.2, -0.15) is 13.2 Å². The van der Waals surface area contributed by atoms with Crippen molar-refractivity contribution < 1.29 is 18.0 Å². The quantitative estimate of drug-likeness (QED) is 0.526. The van der Waals surface area contributed by atoms with Gasteiger partial charge in [0.05, 0.1) is 11.1 Å². The molecule has 1 amide bonds. The Morgan fingerprint density at radius 3 is 2.43 bits per heavy atom. The van der Waals surface area contributed by atoms with Gasteiger partial charge in [-0.05, 0) is 65.1 Å². The van der Waals surface area contributed by atoms with Gasteiger partial charge in [0.1, 0.15) is 0 Å². The van der Waals surface area contributed by atoms with Crippen molar-refractivity contribution in [3.05, 3.63) is 63.2 Å². The molecular weight excluding hydrogens is 440 g/mol. The van der Waals surface area contributed by atoms with Crippen LogP contribution in [0.1, 0.15) is 15.9 Å². The number of carbonyl (C=O) groups is 1. The lowest BCUT2D eigenvalue weighted by Gasteiger charge is -2.12. The molecule has 0 atom stereocenters. The maximum Gasteiger partial charge on any atom is 0.416 e. The van der Waals surface area contributed by atoms with Crippen LogP contribution in [0.2, 0.25) is 0 Å². The molecule has 2 aromatic carbocycles. The van der Waals surface area contributed by atoms with E-state index in [1.54, 1.807) is 24.3 Å². The second kappa shape index (κ2) is 7.26. The molecule has 0 fully saturated rings. The first kappa shape index (κ1) is 17.7. The van der Waals surface area contributed by atoms with Crippen LogP contribution in [0, 0.1) is 3.57 Å². The second-order valence-corrected chi connectivity index (χ2v) is 6.04. The topological polar surface area (TPSA) is 41.1 Å². The maximum absolute atomic E-state index is 12.6. The first-order valence-corrected chi connectivity index (χ1v) is 7.80. The van der Waals surface area contributed by atoms with Gasteiger partial charge in [-0.3, -0.25) is 10.1 Å². The Balaban J connectivity index is 2.06. The zero-order valence-corrected chi connectivity index (χ0v) is 14.4. The highest BCUT2D eigenvalue weighted by Gasteiger charge is 2.30. The second-order valence-electron chi connectivity index (χ2n) is 4.47. The van der Waals surface area contributed by atoms with Gasteiger partial charge in [0, 0.05) is 9.26 Å². The van der Waals surface area contributed by atoms with Crippen molar-refractivity contribution in [2.75, 3.05) is 5.32 Å². The summed E-state index contributed by atoms with van der Waals surface area (Å²) in [6.07, 6.45) is -4.44. The van der Waals surface area contributed by atoms with Crippen LogP contribution in [-0.4, -0.2) is 11.0 Å². The summed E-state index contributed by atoms with van der Waals surface area (Å²) in [6.45, 7) is 0. The average molecular weight is 450 g/mol. The zero-order chi connectivity index (χ0) is 17.0. The third kappa shape index (κ3) is 4.90. The van der Waals surface area contributed by atoms with E-state index in [0.717, 1.165) is 15.7 Å². The van der Waals surface area contributed by atoms with E-state index in [1.165, 1.54) is 12.1 Å². The van der Waals surface area contributed by atoms with E-state index in [9.17, 15) is 18.0 Å². The van der Waals surface area contributed by atoms with Crippen molar-refractivity contribution in [2.45, 2.75) is 6.18 Å². The van der Waals surface area contributed by atoms with Gasteiger partial charge < -0.3 is 5.32 Å². The lowest BCUT2D eigenvalue weighted by Crippen LogP contribution is -2.34. The Bertz CT molecular complexity index is 749. The molecule has 3 nitrogen and oxygen atoms in total. The fourth-order valence-corrected chi connectivity index (χ4v) is 2.59. The van der Waals surface area contributed by atoms with Gasteiger partial charge in [-0.1, -0.05) is 18.2 Å². The Hall–Kier alpha value is -1.68. The fraction of sp³-hybridized carbons (Fsp3) is 0.0667. The molecule has 8 heteroatoms. The Morgan fingerprint density at radius 2 is 1.78 bits per heavy atom. The fourth-order valence-electron chi connectivity index (χ4n) is 1.75. The summed E-state index contributed by atoms with van der Waals surface area (Å²) in [5.41, 5.74) is -0.219. The van der Waals surface area contributed by atoms with Crippen LogP contribution >= 0.6 is 34.8 Å². The number of hydrogen-bond donors (Lipinski definition) is 2. The number of rotatable bonds is 2. The molecule has 23 heavy (non-hydrogen) atoms. The normalized spacial score (nSPS) is 11.0. The predicted octanol–water partition coefficient (Wildman–Crippen LogP) is 4.44. The molecule has 0 unspecified atom stereocenters. The van der Waals surface area contributed by atoms with Gasteiger partial charge in [0.25, 0.3) is 5.91 Å². The van der Waals surface area contributed by atoms with Gasteiger partial charge in [0.15, 0.2) is 5.11 Å². The largest absolute Gasteiger partial charge is 0.416 e. The Morgan fingerprint density at radius 1 is 1.09 bits per heavy atom. The molecule has 0 bridgehead atoms. The third-order valence-corrected chi connectivity index (χ3v) is 3.94. The number of carbonyl (C=O) groups excluding carboxylic acids is 1. The van der Waals surface area contributed by atoms with Crippen molar-refractivity contribution in [2.24, 2.45) is 0 Å². The van der Waals surface area contributed by atoms with E-state index in [-0.39, 0.29) is 10.8 Å². The lowest BCUT2D eigenvalue weighted by atomic mass is 10.2. The number of thiocarbonyl (C=S) groups is 1. The van der Waals surface area contributed by atoms with Crippen LogP contribution in [0.3, 0.4) is 0 Å². The summed E-state index contributed by atoms with van der Waals surface area (Å²) >= 11 is 6.97. The lowest BCUT2D eigenvalue weighted by molar-refractivity contribution is -0.137. The molecule has 0 saturated carbocycles. The number of amides is 1. The van der Waals surface area contributed by atoms with E-state index in [0.29, 0.717) is 5.56 Å². The monoisotopic (exact) mass is 450 g/mol. The molecule has 0 aliphatic rings. The van der Waals surface area contributed by atoms with E-state index in [4.69, 9.17) is 12.2 Å². The number of anilines is 1. The summed E-state index contributed by atoms with van der Waals surface area (Å²) in [4.78, 5) is 12.1. The van der Waals surface area contributed by atoms with Crippen LogP contribution in [0.15, 0.2) is 48.5 Å². The smallest absolute Gasteiger partial charge is 0.332 e. The summed E-state index contributed by atoms with van der Waals surface area (Å²) in [6, 6.07) is 11.5. The first-order chi connectivity index (χ1) is 10.8. The highest BCUT2D eigenvalue weighted by atomic mass is 127. The van der Waals surface area contributed by atoms with Crippen molar-refractivity contribution in [1.82, 2.24) is 5.32 Å². The minimum atomic E-state index is -4.44. The minimum Gasteiger partial charge on any atom is -0.332 e. The van der Waals surface area contributed by atoms with E-state index in [1.807, 2.05) is 22.6 Å². The summed E-state index contributed by atoms with van der Waals surface area (Å²) in [5, 5.41) is 4.94. The molecule has 0 spiro atoms. The van der Waals surface area contributed by atoms with Crippen molar-refractivity contribution in [3.63, 3.8) is 0 Å². The molecule has 2 rings (SSSR count). The van der Waals surface area contributed by atoms with Gasteiger partial charge in [0.2, 0.25) is 0 Å². The zero-order valence-electron chi connectivity index (χ0n) is 11.4. The molecule has 0 saturated heterocycles. The van der Waals surface area contributed by atoms with Crippen molar-refractivity contribution in [1.29, 1.82) is 0 Å². The Kier molecular flexibility index (Phi) is 5.58. The molecule has 120 valence electrons. The molecule has 0 radical (unpaired) electrons. The number of alkyl halides is 3. The summed E-state index contributed by atoms with van der Waals surface area (Å²) in [7, 11) is 0. The van der Waals surface area contributed by atoms with Crippen LogP contribution in [0.25, 0.3) is 0 Å². The van der Waals surface area contributed by atoms with Crippen LogP contribution in [-0.2, 0) is 6.18 Å². The Labute approximate surface area is 149 Å². The van der Waals surface area contributed by atoms with Crippen LogP contribution in [0.5, 0.6) is 0 Å². The first-order valence-electron chi connectivity index (χ1n) is 6.31. The standard InChI is InChI=1S/C15H10F3IN2OS/c16-15(17,18)9-4-3-5-10(8-9)20-14(23)21-13(22)11-6-1-2-7-12(11)19/h1-8H,(H2,20,21,22,23). The van der Waals surface area contributed by atoms with E-state index >= 15 is 0 Å². The molecule has 2 aromatic rings. The highest BCUT2D eigenvalue weighted by Crippen LogP contribution is 2.30. The molecular formula is C15H10F3IN2OS. The van der Waals surface area contributed by atoms with Crippen molar-refractivity contribution >= 4 is 51.5 Å². The molecule has 0 aromatic heterocycles. The number of hydrogen-bond acceptors (Lipinski definition) is 2. The number of nitrogens with one attached hydrogen (secondary N) is 2. The third-order valence-electron chi connectivity index (χ3n) is 2.79. The number of halogens is 4. The summed E-state index contributed by atoms with van der Waals surface area (Å²) < 4.78 is 38.7. The number of benzene rings is 2. The minimum absolute atomic E-state index is 0.0750. The highest BCUT2D eigenvalue weighted by molar-refractivity contribution is 14.1. The van der Waals surface area contributed by atoms with E-state index < -0.39 is 17.6 Å². The average Bonchev–Trinajstić information content (AvgIpc) is 2.46. The van der Waals surface area contributed by atoms with Crippen LogP contribution in [0.4, 0.5) is 18.9 Å². The molecule has 2 N–H and O–H groups in total. The SMILES string of the molecule is O=C(NC(=S)Nc1cccc(C(F)(F)F)c1)c1ccccc1I. The molecule has 0 aliphatic carbocycles. The van der Waals surface area contributed by atoms with E-state index in [2.05, 4.69) is 10.6 Å². The predicted molar refractivity (Wildman–Crippen MR) is 94.3 cm³/mol. The summed E-state index contributed by atoms with van der Waals surface area (Å²) in [5.74, 6) is -0.431. The van der Waals surface area contributed by atoms with Gasteiger partial charge in [-0.15, -0.1) is 0 Å². The van der Waals surface area contributed by atoms with Gasteiger partial charge >= 0.3 is 6.18 Å².